The van der Waals surface area contributed by atoms with Gasteiger partial charge in [-0.25, -0.2) is 0 Å². The quantitative estimate of drug-likeness (QED) is 0.509. The Labute approximate surface area is 80.4 Å². The summed E-state index contributed by atoms with van der Waals surface area (Å²) in [5, 5.41) is 0. The van der Waals surface area contributed by atoms with Crippen LogP contribution in [0.1, 0.15) is 5.56 Å². The Balaban J connectivity index is 2.07. The summed E-state index contributed by atoms with van der Waals surface area (Å²) < 4.78 is 13.0. The molecule has 2 rings (SSSR count). The molecule has 1 aromatic carbocycles. The first kappa shape index (κ1) is 8.51. The van der Waals surface area contributed by atoms with E-state index in [1.54, 1.807) is 5.55 Å². The maximum atomic E-state index is 11.0. The third-order valence-corrected chi connectivity index (χ3v) is 2.92. The highest BCUT2D eigenvalue weighted by Crippen LogP contribution is 2.04. The molecule has 1 aliphatic rings. The summed E-state index contributed by atoms with van der Waals surface area (Å²) in [5.41, 5.74) is 3.02. The fraction of sp³-hybridized carbons (Fsp3) is 0.200. The van der Waals surface area contributed by atoms with Crippen molar-refractivity contribution in [3.05, 3.63) is 42.4 Å². The highest BCUT2D eigenvalue weighted by atomic mass is 32.2. The van der Waals surface area contributed by atoms with Crippen molar-refractivity contribution in [2.24, 2.45) is 0 Å². The Morgan fingerprint density at radius 3 is 2.77 bits per heavy atom. The number of hydrogen-bond donors (Lipinski definition) is 0. The topological polar surface area (TPSA) is 20.1 Å². The van der Waals surface area contributed by atoms with Crippen LogP contribution in [0.15, 0.2) is 30.3 Å². The molecule has 2 nitrogen and oxygen atoms in total. The lowest BCUT2D eigenvalue weighted by Crippen LogP contribution is -2.04. The van der Waals surface area contributed by atoms with Crippen LogP contribution >= 0.6 is 0 Å². The van der Waals surface area contributed by atoms with Gasteiger partial charge in [0.1, 0.15) is 6.54 Å². The molecule has 0 bridgehead atoms. The predicted octanol–water partition coefficient (Wildman–Crippen LogP) is 1.15. The van der Waals surface area contributed by atoms with Gasteiger partial charge in [0.15, 0.2) is 0 Å². The van der Waals surface area contributed by atoms with Crippen molar-refractivity contribution >= 4 is 16.3 Å². The average Bonchev–Trinajstić information content (AvgIpc) is 2.53. The molecule has 3 heteroatoms. The molecule has 1 aromatic rings. The largest absolute Gasteiger partial charge is 0.354 e. The summed E-state index contributed by atoms with van der Waals surface area (Å²) in [6.45, 7) is 2.80. The van der Waals surface area contributed by atoms with Crippen molar-refractivity contribution < 1.29 is 8.78 Å². The molecule has 1 aliphatic heterocycles. The Morgan fingerprint density at radius 2 is 2.15 bits per heavy atom. The van der Waals surface area contributed by atoms with Gasteiger partial charge in [-0.3, -0.25) is 4.21 Å². The number of nitrogens with zero attached hydrogens (tertiary/aromatic N) is 1. The lowest BCUT2D eigenvalue weighted by Gasteiger charge is -2.02. The maximum absolute atomic E-state index is 11.0. The summed E-state index contributed by atoms with van der Waals surface area (Å²) >= 11 is 0. The van der Waals surface area contributed by atoms with Crippen LogP contribution in [0.2, 0.25) is 0 Å². The molecule has 1 unspecified atom stereocenters. The normalized spacial score (nSPS) is 20.9. The summed E-state index contributed by atoms with van der Waals surface area (Å²) in [6.07, 6.45) is 0. The zero-order valence-corrected chi connectivity index (χ0v) is 8.04. The molecule has 0 N–H and O–H groups in total. The molecular formula is C10H11NOS. The molecular weight excluding hydrogens is 182 g/mol. The molecule has 1 heterocycles. The molecule has 0 spiro atoms. The van der Waals surface area contributed by atoms with Gasteiger partial charge in [0.05, 0.1) is 5.55 Å². The number of rotatable bonds is 2. The molecule has 0 aromatic heterocycles. The van der Waals surface area contributed by atoms with Gasteiger partial charge in [0.25, 0.3) is 0 Å². The third kappa shape index (κ3) is 2.18. The summed E-state index contributed by atoms with van der Waals surface area (Å²) in [6, 6.07) is 10.2. The van der Waals surface area contributed by atoms with Gasteiger partial charge >= 0.3 is 0 Å². The number of hydrogen-bond acceptors (Lipinski definition) is 1. The smallest absolute Gasteiger partial charge is 0.142 e. The van der Waals surface area contributed by atoms with E-state index in [9.17, 15) is 4.21 Å². The minimum atomic E-state index is -0.781. The van der Waals surface area contributed by atoms with E-state index < -0.39 is 10.8 Å². The molecule has 0 aliphatic carbocycles. The van der Waals surface area contributed by atoms with Crippen molar-refractivity contribution in [2.75, 3.05) is 5.75 Å². The second kappa shape index (κ2) is 3.75. The minimum absolute atomic E-state index is 0.660. The molecule has 1 atom stereocenters. The maximum Gasteiger partial charge on any atom is 0.142 e. The highest BCUT2D eigenvalue weighted by molar-refractivity contribution is 7.98. The summed E-state index contributed by atoms with van der Waals surface area (Å²) in [5.74, 6) is 0.660. The summed E-state index contributed by atoms with van der Waals surface area (Å²) in [4.78, 5) is 0. The van der Waals surface area contributed by atoms with Crippen molar-refractivity contribution in [3.8, 4) is 0 Å². The van der Waals surface area contributed by atoms with Gasteiger partial charge in [0.2, 0.25) is 0 Å². The first-order valence-electron chi connectivity index (χ1n) is 4.20. The van der Waals surface area contributed by atoms with Crippen LogP contribution in [0, 0.1) is 6.54 Å². The van der Waals surface area contributed by atoms with Crippen LogP contribution in [-0.4, -0.2) is 20.1 Å². The first-order valence-corrected chi connectivity index (χ1v) is 5.58. The molecule has 0 saturated heterocycles. The van der Waals surface area contributed by atoms with Crippen molar-refractivity contribution in [1.29, 1.82) is 0 Å². The van der Waals surface area contributed by atoms with Crippen molar-refractivity contribution in [1.82, 2.24) is 0 Å². The molecule has 68 valence electrons. The number of benzene rings is 1. The van der Waals surface area contributed by atoms with Crippen molar-refractivity contribution in [2.45, 2.75) is 6.54 Å². The third-order valence-electron chi connectivity index (χ3n) is 1.93. The molecule has 0 saturated carbocycles. The van der Waals surface area contributed by atoms with Gasteiger partial charge in [-0.2, -0.15) is 0 Å². The van der Waals surface area contributed by atoms with Crippen LogP contribution < -0.4 is 0 Å². The van der Waals surface area contributed by atoms with E-state index in [4.69, 9.17) is 0 Å². The van der Waals surface area contributed by atoms with E-state index in [2.05, 4.69) is 12.1 Å². The predicted molar refractivity (Wildman–Crippen MR) is 53.8 cm³/mol. The Morgan fingerprint density at radius 1 is 1.38 bits per heavy atom. The van der Waals surface area contributed by atoms with Gasteiger partial charge in [-0.1, -0.05) is 30.3 Å². The van der Waals surface area contributed by atoms with E-state index in [1.165, 1.54) is 5.56 Å². The fourth-order valence-corrected chi connectivity index (χ4v) is 2.19. The first-order chi connectivity index (χ1) is 6.34. The lowest BCUT2D eigenvalue weighted by atomic mass is 10.2. The Bertz CT molecular complexity index is 345. The van der Waals surface area contributed by atoms with Crippen LogP contribution in [0.5, 0.6) is 0 Å². The summed E-state index contributed by atoms with van der Waals surface area (Å²) in [7, 11) is -0.781. The fourth-order valence-electron chi connectivity index (χ4n) is 1.30. The van der Waals surface area contributed by atoms with Crippen LogP contribution in [0.25, 0.3) is 0 Å². The van der Waals surface area contributed by atoms with Gasteiger partial charge in [-0.05, 0) is 0 Å². The SMILES string of the molecule is O=S1C=[N+](Cc2ccccc2)[CH-]C1. The van der Waals surface area contributed by atoms with Crippen LogP contribution in [-0.2, 0) is 17.3 Å². The standard InChI is InChI=1S/C10H11NOS/c12-13-7-6-11(9-13)8-10-4-2-1-3-5-10/h1-6,9H,7-8H2. The van der Waals surface area contributed by atoms with Gasteiger partial charge in [0, 0.05) is 28.7 Å². The lowest BCUT2D eigenvalue weighted by molar-refractivity contribution is -0.492. The van der Waals surface area contributed by atoms with Crippen LogP contribution in [0.3, 0.4) is 0 Å². The van der Waals surface area contributed by atoms with Gasteiger partial charge < -0.3 is 4.58 Å². The Kier molecular flexibility index (Phi) is 2.45. The zero-order chi connectivity index (χ0) is 9.10. The van der Waals surface area contributed by atoms with E-state index in [0.717, 1.165) is 6.54 Å². The second-order valence-corrected chi connectivity index (χ2v) is 4.30. The second-order valence-electron chi connectivity index (χ2n) is 2.99. The average molecular weight is 193 g/mol. The van der Waals surface area contributed by atoms with E-state index >= 15 is 0 Å². The van der Waals surface area contributed by atoms with Crippen molar-refractivity contribution in [3.63, 3.8) is 0 Å². The molecule has 0 fully saturated rings. The molecule has 13 heavy (non-hydrogen) atoms. The highest BCUT2D eigenvalue weighted by Gasteiger charge is 2.08. The molecule has 0 radical (unpaired) electrons. The van der Waals surface area contributed by atoms with E-state index in [0.29, 0.717) is 5.75 Å². The zero-order valence-electron chi connectivity index (χ0n) is 7.22. The van der Waals surface area contributed by atoms with E-state index in [-0.39, 0.29) is 0 Å². The van der Waals surface area contributed by atoms with Crippen LogP contribution in [0.4, 0.5) is 0 Å². The Hall–Kier alpha value is -1.09. The van der Waals surface area contributed by atoms with Gasteiger partial charge in [-0.15, -0.1) is 0 Å². The monoisotopic (exact) mass is 193 g/mol. The molecule has 0 amide bonds. The minimum Gasteiger partial charge on any atom is -0.354 e. The van der Waals surface area contributed by atoms with E-state index in [1.807, 2.05) is 29.3 Å².